The Balaban J connectivity index is 1.81. The Morgan fingerprint density at radius 1 is 1.08 bits per heavy atom. The number of carbonyl (C=O) groups is 3. The number of nitrogens with zero attached hydrogens (tertiary/aromatic N) is 2. The molecule has 1 aliphatic heterocycles. The smallest absolute Gasteiger partial charge is 0.338 e. The van der Waals surface area contributed by atoms with E-state index >= 15 is 0 Å². The van der Waals surface area contributed by atoms with Crippen LogP contribution in [0.15, 0.2) is 72.6 Å². The maximum absolute atomic E-state index is 13.3. The average molecular weight is 487 g/mol. The first kappa shape index (κ1) is 24.7. The van der Waals surface area contributed by atoms with Crippen molar-refractivity contribution in [1.82, 2.24) is 4.98 Å². The first-order valence-corrected chi connectivity index (χ1v) is 11.5. The summed E-state index contributed by atoms with van der Waals surface area (Å²) < 4.78 is 10.5. The van der Waals surface area contributed by atoms with Gasteiger partial charge in [-0.15, -0.1) is 0 Å². The minimum Gasteiger partial charge on any atom is -0.507 e. The van der Waals surface area contributed by atoms with Crippen LogP contribution in [0.5, 0.6) is 5.75 Å². The summed E-state index contributed by atoms with van der Waals surface area (Å²) in [6, 6.07) is 13.8. The van der Waals surface area contributed by atoms with Gasteiger partial charge in [0, 0.05) is 23.6 Å². The van der Waals surface area contributed by atoms with Gasteiger partial charge in [-0.25, -0.2) is 4.79 Å². The second-order valence-electron chi connectivity index (χ2n) is 8.32. The monoisotopic (exact) mass is 486 g/mol. The van der Waals surface area contributed by atoms with Crippen LogP contribution < -0.4 is 9.64 Å². The first-order valence-electron chi connectivity index (χ1n) is 11.5. The van der Waals surface area contributed by atoms with Crippen LogP contribution in [0.4, 0.5) is 5.69 Å². The van der Waals surface area contributed by atoms with Gasteiger partial charge >= 0.3 is 5.97 Å². The van der Waals surface area contributed by atoms with E-state index in [-0.39, 0.29) is 11.3 Å². The number of pyridine rings is 1. The molecule has 1 N–H and O–H groups in total. The van der Waals surface area contributed by atoms with Crippen molar-refractivity contribution in [3.8, 4) is 5.75 Å². The fourth-order valence-electron chi connectivity index (χ4n) is 4.17. The van der Waals surface area contributed by atoms with Gasteiger partial charge in [0.2, 0.25) is 0 Å². The van der Waals surface area contributed by atoms with Gasteiger partial charge in [-0.2, -0.15) is 0 Å². The van der Waals surface area contributed by atoms with E-state index in [0.717, 1.165) is 5.56 Å². The molecule has 2 aromatic carbocycles. The predicted molar refractivity (Wildman–Crippen MR) is 134 cm³/mol. The zero-order valence-corrected chi connectivity index (χ0v) is 20.2. The minimum atomic E-state index is -0.918. The number of hydrogen-bond donors (Lipinski definition) is 1. The number of ketones is 1. The van der Waals surface area contributed by atoms with Crippen molar-refractivity contribution >= 4 is 29.1 Å². The molecular formula is C28H26N2O6. The number of aryl methyl sites for hydroxylation is 1. The molecule has 36 heavy (non-hydrogen) atoms. The van der Waals surface area contributed by atoms with E-state index in [1.54, 1.807) is 74.1 Å². The lowest BCUT2D eigenvalue weighted by Crippen LogP contribution is -2.29. The standard InChI is InChI=1S/C28H26N2O6/c1-4-14-36-28(34)18-7-10-21(11-8-18)30-24(20-6-5-13-29-16-20)23(26(32)27(30)33)25(31)19-9-12-22(35-3)17(2)15-19/h5-13,15-16,24,31H,4,14H2,1-3H3/b25-23-. The lowest BCUT2D eigenvalue weighted by molar-refractivity contribution is -0.132. The quantitative estimate of drug-likeness (QED) is 0.225. The van der Waals surface area contributed by atoms with E-state index in [2.05, 4.69) is 4.98 Å². The molecule has 1 saturated heterocycles. The molecular weight excluding hydrogens is 460 g/mol. The summed E-state index contributed by atoms with van der Waals surface area (Å²) >= 11 is 0. The molecule has 1 aromatic heterocycles. The van der Waals surface area contributed by atoms with Crippen molar-refractivity contribution in [3.63, 3.8) is 0 Å². The average Bonchev–Trinajstić information content (AvgIpc) is 3.17. The molecule has 8 heteroatoms. The Morgan fingerprint density at radius 2 is 1.81 bits per heavy atom. The third-order valence-electron chi connectivity index (χ3n) is 5.93. The van der Waals surface area contributed by atoms with Gasteiger partial charge in [0.05, 0.1) is 30.9 Å². The number of benzene rings is 2. The Labute approximate surface area is 208 Å². The Morgan fingerprint density at radius 3 is 2.42 bits per heavy atom. The molecule has 0 spiro atoms. The molecule has 8 nitrogen and oxygen atoms in total. The molecule has 1 fully saturated rings. The number of anilines is 1. The molecule has 184 valence electrons. The number of esters is 1. The van der Waals surface area contributed by atoms with Crippen LogP contribution in [0.1, 0.15) is 46.4 Å². The number of rotatable bonds is 7. The number of Topliss-reactive ketones (excluding diaryl/α,β-unsaturated/α-hetero) is 1. The summed E-state index contributed by atoms with van der Waals surface area (Å²) in [5.74, 6) is -1.74. The molecule has 0 aliphatic carbocycles. The topological polar surface area (TPSA) is 106 Å². The van der Waals surface area contributed by atoms with E-state index in [4.69, 9.17) is 9.47 Å². The predicted octanol–water partition coefficient (Wildman–Crippen LogP) is 4.59. The van der Waals surface area contributed by atoms with Crippen molar-refractivity contribution in [2.75, 3.05) is 18.6 Å². The fourth-order valence-corrected chi connectivity index (χ4v) is 4.17. The summed E-state index contributed by atoms with van der Waals surface area (Å²) in [6.45, 7) is 4.03. The summed E-state index contributed by atoms with van der Waals surface area (Å²) in [5.41, 5.74) is 2.37. The molecule has 1 unspecified atom stereocenters. The van der Waals surface area contributed by atoms with Crippen LogP contribution in [0.2, 0.25) is 0 Å². The van der Waals surface area contributed by atoms with Crippen LogP contribution in [0, 0.1) is 6.92 Å². The van der Waals surface area contributed by atoms with Gasteiger partial charge in [0.15, 0.2) is 0 Å². The van der Waals surface area contributed by atoms with Gasteiger partial charge in [0.25, 0.3) is 11.7 Å². The Hall–Kier alpha value is -4.46. The highest BCUT2D eigenvalue weighted by Crippen LogP contribution is 2.42. The summed E-state index contributed by atoms with van der Waals surface area (Å²) in [6.07, 6.45) is 3.83. The number of ether oxygens (including phenoxy) is 2. The summed E-state index contributed by atoms with van der Waals surface area (Å²) in [5, 5.41) is 11.2. The molecule has 0 bridgehead atoms. The van der Waals surface area contributed by atoms with Crippen LogP contribution >= 0.6 is 0 Å². The van der Waals surface area contributed by atoms with Crippen molar-refractivity contribution in [2.24, 2.45) is 0 Å². The lowest BCUT2D eigenvalue weighted by Gasteiger charge is -2.25. The van der Waals surface area contributed by atoms with Crippen molar-refractivity contribution < 1.29 is 29.0 Å². The van der Waals surface area contributed by atoms with Crippen LogP contribution in [-0.2, 0) is 14.3 Å². The van der Waals surface area contributed by atoms with Crippen LogP contribution in [-0.4, -0.2) is 41.5 Å². The Bertz CT molecular complexity index is 1330. The molecule has 4 rings (SSSR count). The van der Waals surface area contributed by atoms with E-state index < -0.39 is 23.7 Å². The van der Waals surface area contributed by atoms with E-state index in [9.17, 15) is 19.5 Å². The van der Waals surface area contributed by atoms with Gasteiger partial charge < -0.3 is 14.6 Å². The molecule has 1 atom stereocenters. The van der Waals surface area contributed by atoms with Gasteiger partial charge in [0.1, 0.15) is 11.5 Å². The first-order chi connectivity index (χ1) is 17.4. The van der Waals surface area contributed by atoms with Gasteiger partial charge in [-0.3, -0.25) is 19.5 Å². The minimum absolute atomic E-state index is 0.0519. The maximum atomic E-state index is 13.3. The second kappa shape index (κ2) is 10.4. The number of carbonyl (C=O) groups excluding carboxylic acids is 3. The molecule has 2 heterocycles. The molecule has 1 aliphatic rings. The molecule has 0 saturated carbocycles. The number of amides is 1. The van der Waals surface area contributed by atoms with E-state index in [1.807, 2.05) is 13.8 Å². The number of hydrogen-bond acceptors (Lipinski definition) is 7. The zero-order valence-electron chi connectivity index (χ0n) is 20.2. The second-order valence-corrected chi connectivity index (χ2v) is 8.32. The van der Waals surface area contributed by atoms with E-state index in [0.29, 0.717) is 41.2 Å². The third kappa shape index (κ3) is 4.57. The molecule has 3 aromatic rings. The summed E-state index contributed by atoms with van der Waals surface area (Å²) in [7, 11) is 1.55. The highest BCUT2D eigenvalue weighted by molar-refractivity contribution is 6.51. The van der Waals surface area contributed by atoms with E-state index in [1.165, 1.54) is 4.90 Å². The van der Waals surface area contributed by atoms with Crippen molar-refractivity contribution in [2.45, 2.75) is 26.3 Å². The third-order valence-corrected chi connectivity index (χ3v) is 5.93. The molecule has 0 radical (unpaired) electrons. The highest BCUT2D eigenvalue weighted by atomic mass is 16.5. The zero-order chi connectivity index (χ0) is 25.8. The van der Waals surface area contributed by atoms with Gasteiger partial charge in [-0.05, 0) is 73.0 Å². The number of aliphatic hydroxyl groups excluding tert-OH is 1. The van der Waals surface area contributed by atoms with Crippen molar-refractivity contribution in [3.05, 3.63) is 94.8 Å². The van der Waals surface area contributed by atoms with Gasteiger partial charge in [-0.1, -0.05) is 13.0 Å². The largest absolute Gasteiger partial charge is 0.507 e. The summed E-state index contributed by atoms with van der Waals surface area (Å²) in [4.78, 5) is 44.2. The fraction of sp³-hybridized carbons (Fsp3) is 0.214. The Kier molecular flexibility index (Phi) is 7.15. The van der Waals surface area contributed by atoms with Crippen molar-refractivity contribution in [1.29, 1.82) is 0 Å². The SMILES string of the molecule is CCCOC(=O)c1ccc(N2C(=O)C(=O)/C(=C(\O)c3ccc(OC)c(C)c3)C2c2cccnc2)cc1. The number of aromatic nitrogens is 1. The molecule has 1 amide bonds. The normalized spacial score (nSPS) is 16.8. The van der Waals surface area contributed by atoms with Crippen LogP contribution in [0.3, 0.4) is 0 Å². The maximum Gasteiger partial charge on any atom is 0.338 e. The number of aliphatic hydroxyl groups is 1. The van der Waals surface area contributed by atoms with Crippen LogP contribution in [0.25, 0.3) is 5.76 Å². The highest BCUT2D eigenvalue weighted by Gasteiger charge is 2.47. The number of methoxy groups -OCH3 is 1. The lowest BCUT2D eigenvalue weighted by atomic mass is 9.95.